The van der Waals surface area contributed by atoms with E-state index < -0.39 is 26.5 Å². The molecule has 0 aliphatic heterocycles. The molecule has 0 spiro atoms. The number of ether oxygens (including phenoxy) is 2. The Bertz CT molecular complexity index is 964. The molecule has 2 atom stereocenters. The summed E-state index contributed by atoms with van der Waals surface area (Å²) in [4.78, 5) is 35.2. The number of unbranched alkanes of at least 4 members (excludes halogenated alkanes) is 31. The number of nitrogens with one attached hydrogen (secondary N) is 1. The first kappa shape index (κ1) is 56.8. The number of allylic oxidation sites excluding steroid dienone is 2. The molecule has 9 nitrogen and oxygen atoms in total. The van der Waals surface area contributed by atoms with Crippen LogP contribution in [0.25, 0.3) is 0 Å². The van der Waals surface area contributed by atoms with E-state index >= 15 is 0 Å². The Kier molecular flexibility index (Phi) is 44.3. The summed E-state index contributed by atoms with van der Waals surface area (Å²) in [5.41, 5.74) is 0. The Morgan fingerprint density at radius 2 is 0.879 bits per heavy atom. The van der Waals surface area contributed by atoms with E-state index in [4.69, 9.17) is 18.5 Å². The maximum atomic E-state index is 12.7. The third kappa shape index (κ3) is 44.3. The maximum absolute atomic E-state index is 12.7. The average molecular weight is 844 g/mol. The fourth-order valence-corrected chi connectivity index (χ4v) is 7.89. The summed E-state index contributed by atoms with van der Waals surface area (Å²) in [6.45, 7) is 4.27. The van der Waals surface area contributed by atoms with Crippen molar-refractivity contribution in [1.29, 1.82) is 0 Å². The van der Waals surface area contributed by atoms with Crippen LogP contribution in [-0.2, 0) is 32.7 Å². The Hall–Kier alpha value is -1.25. The molecule has 0 fully saturated rings. The number of phosphoric ester groups is 1. The smallest absolute Gasteiger partial charge is 0.462 e. The van der Waals surface area contributed by atoms with Crippen LogP contribution in [0.1, 0.15) is 245 Å². The number of carbonyl (C=O) groups is 2. The van der Waals surface area contributed by atoms with Crippen LogP contribution in [0.2, 0.25) is 0 Å². The molecule has 10 heteroatoms. The molecular weight excluding hydrogens is 750 g/mol. The zero-order valence-corrected chi connectivity index (χ0v) is 39.2. The van der Waals surface area contributed by atoms with Gasteiger partial charge in [0.25, 0.3) is 0 Å². The lowest BCUT2D eigenvalue weighted by Gasteiger charge is -2.20. The van der Waals surface area contributed by atoms with E-state index in [9.17, 15) is 19.0 Å². The maximum Gasteiger partial charge on any atom is 0.472 e. The average Bonchev–Trinajstić information content (AvgIpc) is 3.21. The van der Waals surface area contributed by atoms with E-state index in [1.165, 1.54) is 180 Å². The van der Waals surface area contributed by atoms with Gasteiger partial charge in [-0.2, -0.15) is 0 Å². The molecule has 0 radical (unpaired) electrons. The van der Waals surface area contributed by atoms with E-state index in [0.29, 0.717) is 19.4 Å². The van der Waals surface area contributed by atoms with Crippen molar-refractivity contribution in [2.24, 2.45) is 0 Å². The van der Waals surface area contributed by atoms with Crippen LogP contribution in [0.4, 0.5) is 0 Å². The fraction of sp³-hybridized carbons (Fsp3) is 0.917. The van der Waals surface area contributed by atoms with Gasteiger partial charge in [-0.05, 0) is 45.6 Å². The number of hydrogen-bond acceptors (Lipinski definition) is 8. The van der Waals surface area contributed by atoms with Crippen LogP contribution >= 0.6 is 7.82 Å². The molecule has 0 saturated heterocycles. The Labute approximate surface area is 358 Å². The quantitative estimate of drug-likeness (QED) is 0.0267. The highest BCUT2D eigenvalue weighted by molar-refractivity contribution is 7.47. The molecule has 0 amide bonds. The minimum atomic E-state index is -4.35. The number of rotatable bonds is 47. The van der Waals surface area contributed by atoms with Gasteiger partial charge in [-0.1, -0.05) is 206 Å². The number of likely N-dealkylation sites (N-methyl/N-ethyl adjacent to an activating group) is 1. The first-order valence-electron chi connectivity index (χ1n) is 24.6. The summed E-state index contributed by atoms with van der Waals surface area (Å²) in [7, 11) is -2.64. The van der Waals surface area contributed by atoms with Crippen molar-refractivity contribution in [2.75, 3.05) is 33.4 Å². The predicted molar refractivity (Wildman–Crippen MR) is 243 cm³/mol. The SMILES string of the molecule is CCCCCCCC/C=C\CCCCCCCCCCCCCC(=O)OC(COC(=O)CCCCCCCCCCCCCCCCC)COP(=O)(O)OCCNC. The van der Waals surface area contributed by atoms with Crippen molar-refractivity contribution in [3.8, 4) is 0 Å². The zero-order valence-electron chi connectivity index (χ0n) is 38.3. The van der Waals surface area contributed by atoms with Crippen molar-refractivity contribution < 1.29 is 37.6 Å². The molecule has 344 valence electrons. The first-order valence-corrected chi connectivity index (χ1v) is 26.1. The monoisotopic (exact) mass is 844 g/mol. The fourth-order valence-electron chi connectivity index (χ4n) is 7.14. The largest absolute Gasteiger partial charge is 0.472 e. The third-order valence-corrected chi connectivity index (χ3v) is 11.9. The summed E-state index contributed by atoms with van der Waals surface area (Å²) in [5, 5.41) is 2.83. The van der Waals surface area contributed by atoms with E-state index in [-0.39, 0.29) is 25.6 Å². The second kappa shape index (κ2) is 45.3. The molecule has 0 aromatic heterocycles. The molecule has 58 heavy (non-hydrogen) atoms. The second-order valence-corrected chi connectivity index (χ2v) is 18.1. The van der Waals surface area contributed by atoms with Crippen molar-refractivity contribution in [3.05, 3.63) is 12.2 Å². The highest BCUT2D eigenvalue weighted by Crippen LogP contribution is 2.43. The molecule has 0 aromatic rings. The Morgan fingerprint density at radius 3 is 1.28 bits per heavy atom. The Morgan fingerprint density at radius 1 is 0.517 bits per heavy atom. The van der Waals surface area contributed by atoms with Gasteiger partial charge in [0.1, 0.15) is 6.61 Å². The van der Waals surface area contributed by atoms with Crippen LogP contribution < -0.4 is 5.32 Å². The summed E-state index contributed by atoms with van der Waals surface area (Å²) >= 11 is 0. The lowest BCUT2D eigenvalue weighted by Crippen LogP contribution is -2.29. The van der Waals surface area contributed by atoms with Crippen LogP contribution in [0.5, 0.6) is 0 Å². The van der Waals surface area contributed by atoms with E-state index in [0.717, 1.165) is 32.1 Å². The summed E-state index contributed by atoms with van der Waals surface area (Å²) in [6, 6.07) is 0. The zero-order chi connectivity index (χ0) is 42.5. The first-order chi connectivity index (χ1) is 28.3. The topological polar surface area (TPSA) is 120 Å². The third-order valence-electron chi connectivity index (χ3n) is 10.9. The van der Waals surface area contributed by atoms with E-state index in [1.807, 2.05) is 0 Å². The molecular formula is C48H94NO8P. The van der Waals surface area contributed by atoms with Crippen molar-refractivity contribution >= 4 is 19.8 Å². The second-order valence-electron chi connectivity index (χ2n) is 16.7. The Balaban J connectivity index is 4.09. The van der Waals surface area contributed by atoms with E-state index in [1.54, 1.807) is 7.05 Å². The van der Waals surface area contributed by atoms with Gasteiger partial charge in [-0.15, -0.1) is 0 Å². The molecule has 0 bridgehead atoms. The molecule has 0 aliphatic carbocycles. The number of esters is 2. The summed E-state index contributed by atoms with van der Waals surface area (Å²) in [6.07, 6.45) is 46.8. The minimum Gasteiger partial charge on any atom is -0.462 e. The van der Waals surface area contributed by atoms with E-state index in [2.05, 4.69) is 31.3 Å². The normalized spacial score (nSPS) is 13.2. The van der Waals surface area contributed by atoms with Gasteiger partial charge in [0.2, 0.25) is 0 Å². The van der Waals surface area contributed by atoms with Gasteiger partial charge in [0.15, 0.2) is 6.10 Å². The van der Waals surface area contributed by atoms with Crippen LogP contribution in [0.15, 0.2) is 12.2 Å². The molecule has 2 N–H and O–H groups in total. The molecule has 0 saturated carbocycles. The van der Waals surface area contributed by atoms with Gasteiger partial charge >= 0.3 is 19.8 Å². The lowest BCUT2D eigenvalue weighted by molar-refractivity contribution is -0.161. The standard InChI is InChI=1S/C48H94NO8P/c1-4-6-8-10-12-14-16-18-20-21-22-23-24-25-27-29-31-33-35-37-39-41-48(51)57-46(45-56-58(52,53)55-43-42-49-3)44-54-47(50)40-38-36-34-32-30-28-26-19-17-15-13-11-9-7-5-2/h18,20,46,49H,4-17,19,21-45H2,1-3H3,(H,52,53)/b20-18-. The highest BCUT2D eigenvalue weighted by Gasteiger charge is 2.26. The number of phosphoric acid groups is 1. The molecule has 0 aromatic carbocycles. The molecule has 2 unspecified atom stereocenters. The molecule has 0 rings (SSSR count). The highest BCUT2D eigenvalue weighted by atomic mass is 31.2. The van der Waals surface area contributed by atoms with Gasteiger partial charge < -0.3 is 19.7 Å². The van der Waals surface area contributed by atoms with Crippen LogP contribution in [0.3, 0.4) is 0 Å². The van der Waals surface area contributed by atoms with Crippen molar-refractivity contribution in [2.45, 2.75) is 251 Å². The lowest BCUT2D eigenvalue weighted by atomic mass is 10.0. The summed E-state index contributed by atoms with van der Waals surface area (Å²) < 4.78 is 33.3. The number of hydrogen-bond donors (Lipinski definition) is 2. The van der Waals surface area contributed by atoms with Gasteiger partial charge in [-0.25, -0.2) is 4.57 Å². The predicted octanol–water partition coefficient (Wildman–Crippen LogP) is 14.4. The van der Waals surface area contributed by atoms with Gasteiger partial charge in [-0.3, -0.25) is 18.6 Å². The summed E-state index contributed by atoms with van der Waals surface area (Å²) in [5.74, 6) is -0.792. The molecule has 0 aliphatic rings. The number of carbonyl (C=O) groups excluding carboxylic acids is 2. The minimum absolute atomic E-state index is 0.0134. The van der Waals surface area contributed by atoms with Crippen LogP contribution in [0, 0.1) is 0 Å². The van der Waals surface area contributed by atoms with Crippen molar-refractivity contribution in [1.82, 2.24) is 5.32 Å². The molecule has 0 heterocycles. The van der Waals surface area contributed by atoms with Crippen LogP contribution in [-0.4, -0.2) is 56.3 Å². The van der Waals surface area contributed by atoms with Gasteiger partial charge in [0, 0.05) is 19.4 Å². The van der Waals surface area contributed by atoms with Crippen molar-refractivity contribution in [3.63, 3.8) is 0 Å². The van der Waals surface area contributed by atoms with Gasteiger partial charge in [0.05, 0.1) is 13.2 Å².